The number of hydrogen-bond donors (Lipinski definition) is 2. The number of rotatable bonds is 6. The highest BCUT2D eigenvalue weighted by Gasteiger charge is 2.31. The number of nitrogens with zero attached hydrogens (tertiary/aromatic N) is 1. The minimum atomic E-state index is -0.00683. The van der Waals surface area contributed by atoms with Crippen molar-refractivity contribution in [2.24, 2.45) is 17.6 Å². The Bertz CT molecular complexity index is 557. The Morgan fingerprint density at radius 1 is 1.30 bits per heavy atom. The van der Waals surface area contributed by atoms with Crippen molar-refractivity contribution in [1.29, 1.82) is 0 Å². The van der Waals surface area contributed by atoms with Crippen molar-refractivity contribution < 1.29 is 9.59 Å². The van der Waals surface area contributed by atoms with Gasteiger partial charge in [-0.2, -0.15) is 0 Å². The predicted molar refractivity (Wildman–Crippen MR) is 91.1 cm³/mol. The van der Waals surface area contributed by atoms with E-state index in [9.17, 15) is 9.59 Å². The molecule has 0 spiro atoms. The van der Waals surface area contributed by atoms with Gasteiger partial charge in [-0.25, -0.2) is 0 Å². The highest BCUT2D eigenvalue weighted by atomic mass is 16.2. The zero-order chi connectivity index (χ0) is 16.8. The molecule has 0 aromatic heterocycles. The van der Waals surface area contributed by atoms with Gasteiger partial charge >= 0.3 is 0 Å². The van der Waals surface area contributed by atoms with Gasteiger partial charge < -0.3 is 16.0 Å². The number of hydrogen-bond acceptors (Lipinski definition) is 3. The van der Waals surface area contributed by atoms with Crippen LogP contribution in [0.2, 0.25) is 0 Å². The molecule has 1 aromatic rings. The molecule has 0 bridgehead atoms. The lowest BCUT2D eigenvalue weighted by Gasteiger charge is -2.17. The van der Waals surface area contributed by atoms with E-state index in [0.29, 0.717) is 24.6 Å². The van der Waals surface area contributed by atoms with Crippen LogP contribution in [-0.4, -0.2) is 43.9 Å². The number of benzene rings is 1. The Labute approximate surface area is 138 Å². The maximum atomic E-state index is 12.2. The Kier molecular flexibility index (Phi) is 6.16. The first-order valence-corrected chi connectivity index (χ1v) is 8.31. The van der Waals surface area contributed by atoms with E-state index in [1.165, 1.54) is 0 Å². The third kappa shape index (κ3) is 4.55. The number of amides is 2. The molecule has 0 heterocycles. The molecule has 1 saturated carbocycles. The van der Waals surface area contributed by atoms with Gasteiger partial charge in [0.25, 0.3) is 5.91 Å². The zero-order valence-electron chi connectivity index (χ0n) is 14.0. The van der Waals surface area contributed by atoms with Crippen LogP contribution in [0.4, 0.5) is 0 Å². The zero-order valence-corrected chi connectivity index (χ0v) is 14.0. The van der Waals surface area contributed by atoms with Crippen LogP contribution in [-0.2, 0) is 11.2 Å². The van der Waals surface area contributed by atoms with Crippen molar-refractivity contribution in [1.82, 2.24) is 10.2 Å². The topological polar surface area (TPSA) is 75.4 Å². The fourth-order valence-corrected chi connectivity index (χ4v) is 3.24. The van der Waals surface area contributed by atoms with Crippen molar-refractivity contribution in [3.05, 3.63) is 35.4 Å². The smallest absolute Gasteiger partial charge is 0.253 e. The summed E-state index contributed by atoms with van der Waals surface area (Å²) in [7, 11) is 3.48. The predicted octanol–water partition coefficient (Wildman–Crippen LogP) is 1.42. The van der Waals surface area contributed by atoms with Gasteiger partial charge in [-0.1, -0.05) is 18.6 Å². The van der Waals surface area contributed by atoms with E-state index < -0.39 is 0 Å². The largest absolute Gasteiger partial charge is 0.356 e. The molecule has 0 saturated heterocycles. The minimum Gasteiger partial charge on any atom is -0.356 e. The molecule has 1 aliphatic rings. The monoisotopic (exact) mass is 317 g/mol. The van der Waals surface area contributed by atoms with Gasteiger partial charge in [0.2, 0.25) is 5.91 Å². The van der Waals surface area contributed by atoms with E-state index in [-0.39, 0.29) is 17.7 Å². The van der Waals surface area contributed by atoms with Gasteiger partial charge in [0.15, 0.2) is 0 Å². The molecular weight excluding hydrogens is 290 g/mol. The molecule has 126 valence electrons. The molecule has 2 amide bonds. The maximum Gasteiger partial charge on any atom is 0.253 e. The van der Waals surface area contributed by atoms with E-state index >= 15 is 0 Å². The van der Waals surface area contributed by atoms with Gasteiger partial charge in [-0.15, -0.1) is 0 Å². The summed E-state index contributed by atoms with van der Waals surface area (Å²) in [5.41, 5.74) is 7.47. The molecule has 2 atom stereocenters. The third-order valence-corrected chi connectivity index (χ3v) is 4.59. The average molecular weight is 317 g/mol. The molecule has 0 unspecified atom stereocenters. The molecule has 1 aliphatic carbocycles. The van der Waals surface area contributed by atoms with E-state index in [1.54, 1.807) is 19.0 Å². The normalized spacial score (nSPS) is 20.3. The summed E-state index contributed by atoms with van der Waals surface area (Å²) >= 11 is 0. The van der Waals surface area contributed by atoms with Crippen molar-refractivity contribution in [3.8, 4) is 0 Å². The van der Waals surface area contributed by atoms with Crippen LogP contribution < -0.4 is 11.1 Å². The number of nitrogens with two attached hydrogens (primary N) is 1. The molecule has 0 aliphatic heterocycles. The summed E-state index contributed by atoms with van der Waals surface area (Å²) < 4.78 is 0. The van der Waals surface area contributed by atoms with E-state index in [2.05, 4.69) is 5.32 Å². The van der Waals surface area contributed by atoms with E-state index in [0.717, 1.165) is 31.2 Å². The molecule has 1 aromatic carbocycles. The van der Waals surface area contributed by atoms with Crippen molar-refractivity contribution in [3.63, 3.8) is 0 Å². The van der Waals surface area contributed by atoms with Crippen LogP contribution in [0.15, 0.2) is 24.3 Å². The molecule has 3 N–H and O–H groups in total. The maximum absolute atomic E-state index is 12.2. The lowest BCUT2D eigenvalue weighted by atomic mass is 9.95. The van der Waals surface area contributed by atoms with Gasteiger partial charge in [0, 0.05) is 32.1 Å². The lowest BCUT2D eigenvalue weighted by Crippen LogP contribution is -2.36. The molecule has 2 rings (SSSR count). The molecule has 5 nitrogen and oxygen atoms in total. The van der Waals surface area contributed by atoms with Crippen LogP contribution in [0.1, 0.15) is 35.2 Å². The molecule has 0 radical (unpaired) electrons. The van der Waals surface area contributed by atoms with Crippen molar-refractivity contribution >= 4 is 11.8 Å². The minimum absolute atomic E-state index is 0.00683. The van der Waals surface area contributed by atoms with E-state index in [1.807, 2.05) is 24.3 Å². The van der Waals surface area contributed by atoms with Crippen LogP contribution >= 0.6 is 0 Å². The van der Waals surface area contributed by atoms with Gasteiger partial charge in [-0.05, 0) is 49.4 Å². The SMILES string of the molecule is CN(C)C(=O)c1cccc(CCNC(=O)[C@@H]2CCC[C@@H]2CN)c1. The van der Waals surface area contributed by atoms with Crippen LogP contribution in [0.25, 0.3) is 0 Å². The first-order chi connectivity index (χ1) is 11.0. The van der Waals surface area contributed by atoms with Crippen molar-refractivity contribution in [2.75, 3.05) is 27.2 Å². The van der Waals surface area contributed by atoms with Crippen LogP contribution in [0, 0.1) is 11.8 Å². The summed E-state index contributed by atoms with van der Waals surface area (Å²) in [6.07, 6.45) is 3.82. The average Bonchev–Trinajstić information content (AvgIpc) is 3.03. The first kappa shape index (κ1) is 17.5. The van der Waals surface area contributed by atoms with Crippen LogP contribution in [0.3, 0.4) is 0 Å². The fraction of sp³-hybridized carbons (Fsp3) is 0.556. The van der Waals surface area contributed by atoms with E-state index in [4.69, 9.17) is 5.73 Å². The number of carbonyl (C=O) groups excluding carboxylic acids is 2. The second-order valence-corrected chi connectivity index (χ2v) is 6.47. The second kappa shape index (κ2) is 8.11. The molecular formula is C18H27N3O2. The highest BCUT2D eigenvalue weighted by molar-refractivity contribution is 5.94. The summed E-state index contributed by atoms with van der Waals surface area (Å²) in [4.78, 5) is 25.8. The van der Waals surface area contributed by atoms with Crippen LogP contribution in [0.5, 0.6) is 0 Å². The quantitative estimate of drug-likeness (QED) is 0.833. The molecule has 1 fully saturated rings. The fourth-order valence-electron chi connectivity index (χ4n) is 3.24. The Balaban J connectivity index is 1.85. The van der Waals surface area contributed by atoms with Gasteiger partial charge in [-0.3, -0.25) is 9.59 Å². The number of carbonyl (C=O) groups is 2. The first-order valence-electron chi connectivity index (χ1n) is 8.31. The lowest BCUT2D eigenvalue weighted by molar-refractivity contribution is -0.125. The molecule has 23 heavy (non-hydrogen) atoms. The Hall–Kier alpha value is -1.88. The Morgan fingerprint density at radius 2 is 2.09 bits per heavy atom. The summed E-state index contributed by atoms with van der Waals surface area (Å²) in [5.74, 6) is 0.517. The molecule has 5 heteroatoms. The summed E-state index contributed by atoms with van der Waals surface area (Å²) in [6, 6.07) is 7.58. The van der Waals surface area contributed by atoms with Gasteiger partial charge in [0.1, 0.15) is 0 Å². The Morgan fingerprint density at radius 3 is 2.78 bits per heavy atom. The van der Waals surface area contributed by atoms with Crippen molar-refractivity contribution in [2.45, 2.75) is 25.7 Å². The number of nitrogens with one attached hydrogen (secondary N) is 1. The second-order valence-electron chi connectivity index (χ2n) is 6.47. The highest BCUT2D eigenvalue weighted by Crippen LogP contribution is 2.30. The third-order valence-electron chi connectivity index (χ3n) is 4.59. The standard InChI is InChI=1S/C18H27N3O2/c1-21(2)18(23)14-6-3-5-13(11-14)9-10-20-17(22)16-8-4-7-15(16)12-19/h3,5-6,11,15-16H,4,7-10,12,19H2,1-2H3,(H,20,22)/t15-,16-/m1/s1. The summed E-state index contributed by atoms with van der Waals surface area (Å²) in [5, 5.41) is 3.02. The van der Waals surface area contributed by atoms with Gasteiger partial charge in [0.05, 0.1) is 0 Å². The summed E-state index contributed by atoms with van der Waals surface area (Å²) in [6.45, 7) is 1.18.